The van der Waals surface area contributed by atoms with Gasteiger partial charge in [-0.05, 0) is 92.9 Å². The molecule has 4 saturated carbocycles. The maximum absolute atomic E-state index is 12.9. The van der Waals surface area contributed by atoms with Crippen molar-refractivity contribution < 1.29 is 22.4 Å². The van der Waals surface area contributed by atoms with Crippen molar-refractivity contribution in [1.29, 1.82) is 0 Å². The lowest BCUT2D eigenvalue weighted by Crippen LogP contribution is -2.56. The van der Waals surface area contributed by atoms with E-state index in [1.165, 1.54) is 38.5 Å². The van der Waals surface area contributed by atoms with Crippen LogP contribution in [0.5, 0.6) is 0 Å². The van der Waals surface area contributed by atoms with Crippen molar-refractivity contribution in [2.24, 2.45) is 23.2 Å². The molecule has 6 nitrogen and oxygen atoms in total. The van der Waals surface area contributed by atoms with Crippen LogP contribution in [0.15, 0.2) is 29.2 Å². The molecule has 4 aliphatic rings. The predicted octanol–water partition coefficient (Wildman–Crippen LogP) is 2.76. The summed E-state index contributed by atoms with van der Waals surface area (Å²) in [6.07, 6.45) is 7.56. The van der Waals surface area contributed by atoms with Crippen LogP contribution in [0.4, 0.5) is 4.39 Å². The Morgan fingerprint density at radius 3 is 2.21 bits per heavy atom. The molecule has 4 aliphatic carbocycles. The monoisotopic (exact) mass is 410 g/mol. The topological polar surface area (TPSA) is 84.5 Å². The molecule has 4 fully saturated rings. The molecule has 0 aliphatic heterocycles. The first-order valence-electron chi connectivity index (χ1n) is 9.94. The van der Waals surface area contributed by atoms with Crippen molar-refractivity contribution in [3.05, 3.63) is 30.1 Å². The van der Waals surface area contributed by atoms with Crippen molar-refractivity contribution in [3.8, 4) is 0 Å². The lowest BCUT2D eigenvalue weighted by atomic mass is 9.48. The molecule has 0 saturated heterocycles. The van der Waals surface area contributed by atoms with Gasteiger partial charge in [-0.15, -0.1) is 0 Å². The Labute approximate surface area is 165 Å². The molecular formula is C20H27FN2O4S. The average molecular weight is 411 g/mol. The summed E-state index contributed by atoms with van der Waals surface area (Å²) in [6.45, 7) is 1.66. The van der Waals surface area contributed by atoms with E-state index in [4.69, 9.17) is 4.84 Å². The van der Waals surface area contributed by atoms with Crippen LogP contribution in [-0.2, 0) is 19.7 Å². The second-order valence-electron chi connectivity index (χ2n) is 8.90. The minimum Gasteiger partial charge on any atom is -0.351 e. The number of nitrogens with one attached hydrogen (secondary N) is 2. The summed E-state index contributed by atoms with van der Waals surface area (Å²) in [5, 5.41) is 3.02. The molecule has 0 spiro atoms. The number of halogens is 1. The summed E-state index contributed by atoms with van der Waals surface area (Å²) in [5.41, 5.74) is 0.179. The van der Waals surface area contributed by atoms with Crippen LogP contribution in [0, 0.1) is 29.0 Å². The molecule has 8 heteroatoms. The number of carbonyl (C=O) groups excluding carboxylic acids is 1. The summed E-state index contributed by atoms with van der Waals surface area (Å²) in [4.78, 5) is 19.0. The van der Waals surface area contributed by atoms with Gasteiger partial charge < -0.3 is 5.32 Å². The fraction of sp³-hybridized carbons (Fsp3) is 0.650. The van der Waals surface area contributed by atoms with E-state index >= 15 is 0 Å². The van der Waals surface area contributed by atoms with Crippen molar-refractivity contribution in [2.45, 2.75) is 56.4 Å². The van der Waals surface area contributed by atoms with E-state index in [0.717, 1.165) is 42.0 Å². The zero-order valence-electron chi connectivity index (χ0n) is 16.0. The molecule has 1 amide bonds. The van der Waals surface area contributed by atoms with E-state index in [9.17, 15) is 17.6 Å². The first-order chi connectivity index (χ1) is 13.3. The van der Waals surface area contributed by atoms with E-state index in [2.05, 4.69) is 12.2 Å². The highest BCUT2D eigenvalue weighted by molar-refractivity contribution is 7.89. The standard InChI is InChI=1S/C20H27FN2O4S/c1-13(20-9-14-6-15(10-20)8-16(7-14)11-20)22-19(24)12-27-23-28(25,26)18-4-2-17(21)3-5-18/h2-5,13-16,23H,6-12H2,1H3,(H,22,24)/t13-,14?,15?,16?,20?/m0/s1. The van der Waals surface area contributed by atoms with Gasteiger partial charge in [0.05, 0.1) is 4.90 Å². The van der Waals surface area contributed by atoms with Crippen LogP contribution in [0.3, 0.4) is 0 Å². The molecule has 1 aromatic rings. The zero-order valence-corrected chi connectivity index (χ0v) is 16.8. The second-order valence-corrected chi connectivity index (χ2v) is 10.5. The van der Waals surface area contributed by atoms with Crippen LogP contribution in [0.25, 0.3) is 0 Å². The summed E-state index contributed by atoms with van der Waals surface area (Å²) in [5.74, 6) is 1.51. The summed E-state index contributed by atoms with van der Waals surface area (Å²) in [6, 6.07) is 4.42. The third kappa shape index (κ3) is 3.95. The fourth-order valence-electron chi connectivity index (χ4n) is 5.98. The number of benzene rings is 1. The van der Waals surface area contributed by atoms with Crippen LogP contribution in [0.2, 0.25) is 0 Å². The Morgan fingerprint density at radius 1 is 1.14 bits per heavy atom. The highest BCUT2D eigenvalue weighted by Gasteiger charge is 2.53. The molecule has 0 unspecified atom stereocenters. The van der Waals surface area contributed by atoms with Crippen LogP contribution in [-0.4, -0.2) is 27.0 Å². The van der Waals surface area contributed by atoms with Gasteiger partial charge in [0.2, 0.25) is 5.91 Å². The van der Waals surface area contributed by atoms with Crippen molar-refractivity contribution in [1.82, 2.24) is 10.2 Å². The minimum absolute atomic E-state index is 0.0469. The predicted molar refractivity (Wildman–Crippen MR) is 101 cm³/mol. The minimum atomic E-state index is -3.96. The second kappa shape index (κ2) is 7.39. The van der Waals surface area contributed by atoms with Crippen molar-refractivity contribution >= 4 is 15.9 Å². The molecule has 1 aromatic carbocycles. The summed E-state index contributed by atoms with van der Waals surface area (Å²) < 4.78 is 37.1. The number of amides is 1. The van der Waals surface area contributed by atoms with Gasteiger partial charge in [-0.1, -0.05) is 4.89 Å². The van der Waals surface area contributed by atoms with Gasteiger partial charge in [-0.3, -0.25) is 9.63 Å². The Balaban J connectivity index is 1.28. The molecule has 0 aromatic heterocycles. The van der Waals surface area contributed by atoms with E-state index in [-0.39, 0.29) is 22.3 Å². The van der Waals surface area contributed by atoms with E-state index in [1.54, 1.807) is 0 Å². The third-order valence-corrected chi connectivity index (χ3v) is 8.11. The van der Waals surface area contributed by atoms with Gasteiger partial charge >= 0.3 is 0 Å². The Kier molecular flexibility index (Phi) is 5.22. The molecule has 0 heterocycles. The van der Waals surface area contributed by atoms with Gasteiger partial charge in [0.1, 0.15) is 12.4 Å². The molecule has 0 radical (unpaired) electrons. The van der Waals surface area contributed by atoms with E-state index in [1.807, 2.05) is 4.89 Å². The molecule has 4 bridgehead atoms. The highest BCUT2D eigenvalue weighted by Crippen LogP contribution is 2.61. The molecule has 2 N–H and O–H groups in total. The van der Waals surface area contributed by atoms with Gasteiger partial charge in [0, 0.05) is 6.04 Å². The average Bonchev–Trinajstić information content (AvgIpc) is 2.60. The van der Waals surface area contributed by atoms with E-state index < -0.39 is 22.4 Å². The maximum atomic E-state index is 12.9. The van der Waals surface area contributed by atoms with Gasteiger partial charge in [-0.25, -0.2) is 12.8 Å². The van der Waals surface area contributed by atoms with Crippen LogP contribution in [0.1, 0.15) is 45.4 Å². The van der Waals surface area contributed by atoms with Crippen LogP contribution < -0.4 is 10.2 Å². The number of carbonyl (C=O) groups is 1. The molecular weight excluding hydrogens is 383 g/mol. The molecule has 28 heavy (non-hydrogen) atoms. The summed E-state index contributed by atoms with van der Waals surface area (Å²) in [7, 11) is -3.96. The lowest BCUT2D eigenvalue weighted by molar-refractivity contribution is -0.131. The maximum Gasteiger partial charge on any atom is 0.262 e. The quantitative estimate of drug-likeness (QED) is 0.677. The SMILES string of the molecule is C[C@H](NC(=O)CONS(=O)(=O)c1ccc(F)cc1)C12CC3CC(CC(C3)C1)C2. The normalized spacial score (nSPS) is 32.3. The van der Waals surface area contributed by atoms with E-state index in [0.29, 0.717) is 0 Å². The highest BCUT2D eigenvalue weighted by atomic mass is 32.2. The van der Waals surface area contributed by atoms with Crippen molar-refractivity contribution in [2.75, 3.05) is 6.61 Å². The van der Waals surface area contributed by atoms with Gasteiger partial charge in [-0.2, -0.15) is 0 Å². The van der Waals surface area contributed by atoms with Crippen molar-refractivity contribution in [3.63, 3.8) is 0 Å². The molecule has 154 valence electrons. The fourth-order valence-corrected chi connectivity index (χ4v) is 6.78. The largest absolute Gasteiger partial charge is 0.351 e. The number of sulfonamides is 1. The Morgan fingerprint density at radius 2 is 1.68 bits per heavy atom. The molecule has 5 rings (SSSR count). The first kappa shape index (κ1) is 19.8. The van der Waals surface area contributed by atoms with Crippen LogP contribution >= 0.6 is 0 Å². The third-order valence-electron chi connectivity index (χ3n) is 6.88. The Hall–Kier alpha value is -1.51. The number of rotatable bonds is 7. The van der Waals surface area contributed by atoms with Gasteiger partial charge in [0.15, 0.2) is 0 Å². The number of hydrogen-bond acceptors (Lipinski definition) is 4. The summed E-state index contributed by atoms with van der Waals surface area (Å²) >= 11 is 0. The Bertz CT molecular complexity index is 805. The smallest absolute Gasteiger partial charge is 0.262 e. The van der Waals surface area contributed by atoms with Gasteiger partial charge in [0.25, 0.3) is 10.0 Å². The number of hydrogen-bond donors (Lipinski definition) is 2. The first-order valence-corrected chi connectivity index (χ1v) is 11.4. The molecule has 1 atom stereocenters. The zero-order chi connectivity index (χ0) is 19.9. The lowest BCUT2D eigenvalue weighted by Gasteiger charge is -2.59.